The Bertz CT molecular complexity index is 2010. The summed E-state index contributed by atoms with van der Waals surface area (Å²) in [6.45, 7) is 4.32. The SMILES string of the molecule is CC(C)CC(NC(=O)C(Cc1ccccc1)NC(=O)OCc1ccccc1)C(=O)NC(C)C(=O)C(=O)NCC(=O)NC(Cc1ccc2ccccc2c1)C(N)=O. The lowest BCUT2D eigenvalue weighted by atomic mass is 10.0. The molecule has 0 aliphatic heterocycles. The summed E-state index contributed by atoms with van der Waals surface area (Å²) >= 11 is 0. The number of amides is 6. The van der Waals surface area contributed by atoms with E-state index < -0.39 is 72.1 Å². The van der Waals surface area contributed by atoms with E-state index >= 15 is 0 Å². The van der Waals surface area contributed by atoms with E-state index in [1.807, 2.05) is 68.4 Å². The largest absolute Gasteiger partial charge is 0.445 e. The number of fused-ring (bicyclic) bond motifs is 1. The number of ketones is 1. The first-order valence-corrected chi connectivity index (χ1v) is 18.3. The third-order valence-corrected chi connectivity index (χ3v) is 8.76. The Morgan fingerprint density at radius 3 is 1.84 bits per heavy atom. The van der Waals surface area contributed by atoms with Crippen molar-refractivity contribution in [3.8, 4) is 0 Å². The summed E-state index contributed by atoms with van der Waals surface area (Å²) in [5.41, 5.74) is 7.80. The summed E-state index contributed by atoms with van der Waals surface area (Å²) in [5.74, 6) is -5.21. The van der Waals surface area contributed by atoms with Gasteiger partial charge in [0.15, 0.2) is 0 Å². The van der Waals surface area contributed by atoms with Crippen molar-refractivity contribution >= 4 is 52.2 Å². The van der Waals surface area contributed by atoms with Gasteiger partial charge in [0.05, 0.1) is 12.6 Å². The zero-order chi connectivity index (χ0) is 40.6. The molecule has 294 valence electrons. The standard InChI is InChI=1S/C42H48N6O8/c1-26(2)20-34(47-40(53)35(22-28-12-6-4-7-13-28)48-42(55)56-25-29-14-8-5-9-15-29)39(52)45-27(3)37(50)41(54)44-24-36(49)46-33(38(43)51)23-30-18-19-31-16-10-11-17-32(31)21-30/h4-19,21,26-27,33-35H,20,22-25H2,1-3H3,(H2,43,51)(H,44,54)(H,45,52)(H,46,49)(H,47,53)(H,48,55). The molecule has 4 aromatic carbocycles. The monoisotopic (exact) mass is 764 g/mol. The number of hydrogen-bond acceptors (Lipinski definition) is 8. The van der Waals surface area contributed by atoms with Crippen LogP contribution in [-0.4, -0.2) is 72.1 Å². The van der Waals surface area contributed by atoms with Crippen LogP contribution in [0.2, 0.25) is 0 Å². The van der Waals surface area contributed by atoms with Crippen molar-refractivity contribution in [2.75, 3.05) is 6.54 Å². The van der Waals surface area contributed by atoms with Crippen LogP contribution in [0.25, 0.3) is 10.8 Å². The van der Waals surface area contributed by atoms with Gasteiger partial charge in [0.25, 0.3) is 5.91 Å². The summed E-state index contributed by atoms with van der Waals surface area (Å²) in [5, 5.41) is 14.4. The van der Waals surface area contributed by atoms with E-state index in [1.165, 1.54) is 6.92 Å². The molecule has 7 N–H and O–H groups in total. The molecule has 4 aromatic rings. The smallest absolute Gasteiger partial charge is 0.408 e. The van der Waals surface area contributed by atoms with E-state index in [1.54, 1.807) is 48.5 Å². The molecule has 0 bridgehead atoms. The maximum atomic E-state index is 13.6. The highest BCUT2D eigenvalue weighted by atomic mass is 16.5. The minimum Gasteiger partial charge on any atom is -0.445 e. The molecule has 56 heavy (non-hydrogen) atoms. The van der Waals surface area contributed by atoms with Crippen LogP contribution in [0.5, 0.6) is 0 Å². The third-order valence-electron chi connectivity index (χ3n) is 8.76. The normalized spacial score (nSPS) is 13.0. The molecule has 0 saturated carbocycles. The average Bonchev–Trinajstić information content (AvgIpc) is 3.18. The van der Waals surface area contributed by atoms with Crippen LogP contribution in [0.4, 0.5) is 4.79 Å². The number of rotatable bonds is 19. The Morgan fingerprint density at radius 2 is 1.20 bits per heavy atom. The Labute approximate surface area is 325 Å². The lowest BCUT2D eigenvalue weighted by Crippen LogP contribution is -2.57. The maximum Gasteiger partial charge on any atom is 0.408 e. The zero-order valence-corrected chi connectivity index (χ0v) is 31.6. The maximum absolute atomic E-state index is 13.6. The second-order valence-electron chi connectivity index (χ2n) is 13.8. The summed E-state index contributed by atoms with van der Waals surface area (Å²) < 4.78 is 5.34. The number of nitrogens with one attached hydrogen (secondary N) is 5. The van der Waals surface area contributed by atoms with Crippen molar-refractivity contribution in [2.24, 2.45) is 11.7 Å². The van der Waals surface area contributed by atoms with Gasteiger partial charge in [-0.3, -0.25) is 28.8 Å². The predicted molar refractivity (Wildman–Crippen MR) is 209 cm³/mol. The molecule has 4 unspecified atom stereocenters. The van der Waals surface area contributed by atoms with E-state index in [0.29, 0.717) is 0 Å². The van der Waals surface area contributed by atoms with Gasteiger partial charge in [-0.1, -0.05) is 117 Å². The summed E-state index contributed by atoms with van der Waals surface area (Å²) in [4.78, 5) is 90.4. The minimum atomic E-state index is -1.34. The van der Waals surface area contributed by atoms with Crippen molar-refractivity contribution in [1.29, 1.82) is 0 Å². The topological polar surface area (TPSA) is 215 Å². The van der Waals surface area contributed by atoms with E-state index in [4.69, 9.17) is 10.5 Å². The van der Waals surface area contributed by atoms with Gasteiger partial charge in [0.1, 0.15) is 24.7 Å². The number of nitrogens with two attached hydrogens (primary N) is 1. The fourth-order valence-corrected chi connectivity index (χ4v) is 5.83. The van der Waals surface area contributed by atoms with Crippen LogP contribution in [0, 0.1) is 5.92 Å². The molecule has 14 heteroatoms. The number of primary amides is 1. The highest BCUT2D eigenvalue weighted by Crippen LogP contribution is 2.17. The predicted octanol–water partition coefficient (Wildman–Crippen LogP) is 2.61. The highest BCUT2D eigenvalue weighted by Gasteiger charge is 2.31. The van der Waals surface area contributed by atoms with Crippen LogP contribution in [-0.2, 0) is 53.0 Å². The zero-order valence-electron chi connectivity index (χ0n) is 31.6. The summed E-state index contributed by atoms with van der Waals surface area (Å²) in [7, 11) is 0. The number of carbonyl (C=O) groups excluding carboxylic acids is 7. The lowest BCUT2D eigenvalue weighted by molar-refractivity contribution is -0.140. The van der Waals surface area contributed by atoms with Crippen LogP contribution < -0.4 is 32.3 Å². The Morgan fingerprint density at radius 1 is 0.607 bits per heavy atom. The van der Waals surface area contributed by atoms with E-state index in [0.717, 1.165) is 27.5 Å². The average molecular weight is 765 g/mol. The molecule has 4 atom stereocenters. The molecule has 0 radical (unpaired) electrons. The highest BCUT2D eigenvalue weighted by molar-refractivity contribution is 6.38. The van der Waals surface area contributed by atoms with Crippen LogP contribution >= 0.6 is 0 Å². The molecule has 6 amide bonds. The number of ether oxygens (including phenoxy) is 1. The van der Waals surface area contributed by atoms with Gasteiger partial charge in [-0.2, -0.15) is 0 Å². The number of Topliss-reactive ketones (excluding diaryl/α,β-unsaturated/α-hetero) is 1. The van der Waals surface area contributed by atoms with E-state index in [9.17, 15) is 33.6 Å². The summed E-state index contributed by atoms with van der Waals surface area (Å²) in [6, 6.07) is 26.6. The van der Waals surface area contributed by atoms with Gasteiger partial charge in [-0.25, -0.2) is 4.79 Å². The number of carbonyl (C=O) groups is 7. The fraction of sp³-hybridized carbons (Fsp3) is 0.310. The molecule has 0 heterocycles. The van der Waals surface area contributed by atoms with Crippen molar-refractivity contribution in [2.45, 2.75) is 70.8 Å². The Kier molecular flexibility index (Phi) is 15.6. The Hall–Kier alpha value is -6.57. The van der Waals surface area contributed by atoms with Gasteiger partial charge in [0.2, 0.25) is 29.4 Å². The first kappa shape index (κ1) is 42.2. The number of alkyl carbamates (subject to hydrolysis) is 1. The van der Waals surface area contributed by atoms with E-state index in [2.05, 4.69) is 26.6 Å². The second-order valence-corrected chi connectivity index (χ2v) is 13.8. The molecule has 0 aliphatic carbocycles. The summed E-state index contributed by atoms with van der Waals surface area (Å²) in [6.07, 6.45) is -0.460. The minimum absolute atomic E-state index is 0.0190. The van der Waals surface area contributed by atoms with Gasteiger partial charge < -0.3 is 37.1 Å². The van der Waals surface area contributed by atoms with Gasteiger partial charge in [-0.05, 0) is 46.7 Å². The molecule has 0 spiro atoms. The van der Waals surface area contributed by atoms with Gasteiger partial charge in [0, 0.05) is 12.8 Å². The van der Waals surface area contributed by atoms with Crippen LogP contribution in [0.3, 0.4) is 0 Å². The first-order chi connectivity index (χ1) is 26.8. The molecule has 0 saturated heterocycles. The Balaban J connectivity index is 1.32. The third kappa shape index (κ3) is 13.4. The van der Waals surface area contributed by atoms with Crippen molar-refractivity contribution < 1.29 is 38.3 Å². The molecular formula is C42H48N6O8. The van der Waals surface area contributed by atoms with Gasteiger partial charge in [-0.15, -0.1) is 0 Å². The quantitative estimate of drug-likeness (QED) is 0.0779. The molecule has 4 rings (SSSR count). The number of hydrogen-bond donors (Lipinski definition) is 6. The molecule has 0 aromatic heterocycles. The number of benzene rings is 4. The van der Waals surface area contributed by atoms with Crippen molar-refractivity contribution in [1.82, 2.24) is 26.6 Å². The van der Waals surface area contributed by atoms with Crippen molar-refractivity contribution in [3.63, 3.8) is 0 Å². The van der Waals surface area contributed by atoms with Crippen LogP contribution in [0.1, 0.15) is 43.9 Å². The van der Waals surface area contributed by atoms with Crippen LogP contribution in [0.15, 0.2) is 103 Å². The molecule has 0 aliphatic rings. The van der Waals surface area contributed by atoms with E-state index in [-0.39, 0.29) is 31.8 Å². The molecule has 14 nitrogen and oxygen atoms in total. The lowest BCUT2D eigenvalue weighted by Gasteiger charge is -2.25. The van der Waals surface area contributed by atoms with Crippen molar-refractivity contribution in [3.05, 3.63) is 120 Å². The molecular weight excluding hydrogens is 716 g/mol. The molecule has 0 fully saturated rings. The fourth-order valence-electron chi connectivity index (χ4n) is 5.83. The van der Waals surface area contributed by atoms with Gasteiger partial charge >= 0.3 is 6.09 Å². The first-order valence-electron chi connectivity index (χ1n) is 18.3. The second kappa shape index (κ2) is 20.8.